The number of aryl methyl sites for hydroxylation is 2. The summed E-state index contributed by atoms with van der Waals surface area (Å²) in [5.41, 5.74) is 8.49. The normalized spacial score (nSPS) is 12.7. The van der Waals surface area contributed by atoms with Crippen LogP contribution in [0.2, 0.25) is 0 Å². The molecule has 0 radical (unpaired) electrons. The molecule has 0 fully saturated rings. The molecule has 9 nitrogen and oxygen atoms in total. The summed E-state index contributed by atoms with van der Waals surface area (Å²) in [5, 5.41) is 5.48. The number of benzene rings is 2. The fourth-order valence-corrected chi connectivity index (χ4v) is 3.88. The molecule has 200 valence electrons. The Balaban J connectivity index is 2.46. The third kappa shape index (κ3) is 8.34. The first kappa shape index (κ1) is 29.4. The summed E-state index contributed by atoms with van der Waals surface area (Å²) in [7, 11) is 1.50. The van der Waals surface area contributed by atoms with Crippen molar-refractivity contribution < 1.29 is 23.9 Å². The molecule has 0 saturated heterocycles. The van der Waals surface area contributed by atoms with E-state index >= 15 is 0 Å². The number of ether oxygens (including phenoxy) is 1. The number of nitrogens with two attached hydrogens (primary N) is 1. The molecule has 4 amide bonds. The van der Waals surface area contributed by atoms with Crippen LogP contribution in [-0.4, -0.2) is 47.4 Å². The molecule has 0 aliphatic rings. The van der Waals surface area contributed by atoms with E-state index in [-0.39, 0.29) is 12.8 Å². The Morgan fingerprint density at radius 2 is 1.59 bits per heavy atom. The van der Waals surface area contributed by atoms with Crippen molar-refractivity contribution in [1.82, 2.24) is 10.2 Å². The summed E-state index contributed by atoms with van der Waals surface area (Å²) in [6.07, 6.45) is -0.989. The molecule has 0 aromatic heterocycles. The second kappa shape index (κ2) is 12.4. The molecule has 0 spiro atoms. The minimum atomic E-state index is -1.13. The number of para-hydroxylation sites is 1. The van der Waals surface area contributed by atoms with Crippen LogP contribution in [0.1, 0.15) is 61.9 Å². The SMILES string of the molecule is Cc1ccccc1NC(=O)C(c1cccc(C)c1C)N(C)C(=O)C(CCC(N)=O)NC(=O)OC(C)(C)C. The second-order valence-electron chi connectivity index (χ2n) is 10.1. The van der Waals surface area contributed by atoms with Crippen molar-refractivity contribution in [3.8, 4) is 0 Å². The van der Waals surface area contributed by atoms with E-state index in [4.69, 9.17) is 10.5 Å². The molecule has 2 rings (SSSR count). The molecular weight excluding hydrogens is 472 g/mol. The van der Waals surface area contributed by atoms with E-state index in [1.54, 1.807) is 32.9 Å². The number of alkyl carbamates (subject to hydrolysis) is 1. The Morgan fingerprint density at radius 3 is 2.19 bits per heavy atom. The topological polar surface area (TPSA) is 131 Å². The van der Waals surface area contributed by atoms with Crippen LogP contribution in [0.3, 0.4) is 0 Å². The number of nitrogens with zero attached hydrogens (tertiary/aromatic N) is 1. The minimum Gasteiger partial charge on any atom is -0.444 e. The maximum absolute atomic E-state index is 13.7. The van der Waals surface area contributed by atoms with Gasteiger partial charge in [0.1, 0.15) is 17.7 Å². The summed E-state index contributed by atoms with van der Waals surface area (Å²) in [6, 6.07) is 10.8. The first-order valence-corrected chi connectivity index (χ1v) is 12.2. The quantitative estimate of drug-likeness (QED) is 0.471. The van der Waals surface area contributed by atoms with Crippen molar-refractivity contribution in [2.24, 2.45) is 5.73 Å². The van der Waals surface area contributed by atoms with E-state index < -0.39 is 41.5 Å². The molecule has 2 unspecified atom stereocenters. The van der Waals surface area contributed by atoms with Crippen LogP contribution < -0.4 is 16.4 Å². The molecule has 0 aliphatic carbocycles. The lowest BCUT2D eigenvalue weighted by molar-refractivity contribution is -0.139. The van der Waals surface area contributed by atoms with Crippen LogP contribution in [0, 0.1) is 20.8 Å². The first-order chi connectivity index (χ1) is 17.2. The van der Waals surface area contributed by atoms with Crippen molar-refractivity contribution in [3.05, 3.63) is 64.7 Å². The van der Waals surface area contributed by atoms with Gasteiger partial charge in [0.05, 0.1) is 0 Å². The van der Waals surface area contributed by atoms with Gasteiger partial charge >= 0.3 is 6.09 Å². The zero-order valence-electron chi connectivity index (χ0n) is 22.7. The third-order valence-corrected chi connectivity index (χ3v) is 6.00. The molecular formula is C28H38N4O5. The lowest BCUT2D eigenvalue weighted by Crippen LogP contribution is -2.51. The smallest absolute Gasteiger partial charge is 0.408 e. The number of anilines is 1. The maximum atomic E-state index is 13.7. The summed E-state index contributed by atoms with van der Waals surface area (Å²) < 4.78 is 5.31. The van der Waals surface area contributed by atoms with Crippen LogP contribution in [0.15, 0.2) is 42.5 Å². The van der Waals surface area contributed by atoms with Crippen LogP contribution in [0.5, 0.6) is 0 Å². The second-order valence-corrected chi connectivity index (χ2v) is 10.1. The molecule has 4 N–H and O–H groups in total. The number of rotatable bonds is 9. The van der Waals surface area contributed by atoms with Gasteiger partial charge in [-0.1, -0.05) is 36.4 Å². The van der Waals surface area contributed by atoms with Crippen LogP contribution in [-0.2, 0) is 19.1 Å². The summed E-state index contributed by atoms with van der Waals surface area (Å²) >= 11 is 0. The lowest BCUT2D eigenvalue weighted by atomic mass is 9.95. The summed E-state index contributed by atoms with van der Waals surface area (Å²) in [6.45, 7) is 10.8. The van der Waals surface area contributed by atoms with E-state index in [1.165, 1.54) is 11.9 Å². The molecule has 0 aliphatic heterocycles. The molecule has 2 aromatic rings. The monoisotopic (exact) mass is 510 g/mol. The lowest BCUT2D eigenvalue weighted by Gasteiger charge is -2.32. The Hall–Kier alpha value is -3.88. The van der Waals surface area contributed by atoms with Gasteiger partial charge in [-0.05, 0) is 76.3 Å². The fraction of sp³-hybridized carbons (Fsp3) is 0.429. The van der Waals surface area contributed by atoms with Crippen LogP contribution in [0.4, 0.5) is 10.5 Å². The number of primary amides is 1. The predicted molar refractivity (Wildman–Crippen MR) is 143 cm³/mol. The molecule has 0 saturated carbocycles. The van der Waals surface area contributed by atoms with Gasteiger partial charge in [-0.15, -0.1) is 0 Å². The van der Waals surface area contributed by atoms with Gasteiger partial charge in [0.2, 0.25) is 11.8 Å². The van der Waals surface area contributed by atoms with Gasteiger partial charge in [-0.2, -0.15) is 0 Å². The number of nitrogens with one attached hydrogen (secondary N) is 2. The zero-order chi connectivity index (χ0) is 27.9. The highest BCUT2D eigenvalue weighted by Gasteiger charge is 2.35. The number of amides is 4. The molecule has 2 atom stereocenters. The van der Waals surface area contributed by atoms with E-state index in [9.17, 15) is 19.2 Å². The van der Waals surface area contributed by atoms with Crippen LogP contribution >= 0.6 is 0 Å². The average Bonchev–Trinajstić information content (AvgIpc) is 2.79. The third-order valence-electron chi connectivity index (χ3n) is 6.00. The standard InChI is InChI=1S/C28H38N4O5/c1-17-12-10-13-20(19(17)3)24(25(34)30-21-14-9-8-11-18(21)2)32(7)26(35)22(15-16-23(29)33)31-27(36)37-28(4,5)6/h8-14,22,24H,15-16H2,1-7H3,(H2,29,33)(H,30,34)(H,31,36). The van der Waals surface area contributed by atoms with Gasteiger partial charge in [0, 0.05) is 19.2 Å². The van der Waals surface area contributed by atoms with Crippen molar-refractivity contribution >= 4 is 29.5 Å². The largest absolute Gasteiger partial charge is 0.444 e. The number of likely N-dealkylation sites (N-methyl/N-ethyl adjacent to an activating group) is 1. The number of carbonyl (C=O) groups is 4. The molecule has 0 bridgehead atoms. The number of hydrogen-bond donors (Lipinski definition) is 3. The fourth-order valence-electron chi connectivity index (χ4n) is 3.88. The van der Waals surface area contributed by atoms with Crippen molar-refractivity contribution in [1.29, 1.82) is 0 Å². The average molecular weight is 511 g/mol. The summed E-state index contributed by atoms with van der Waals surface area (Å²) in [4.78, 5) is 52.7. The van der Waals surface area contributed by atoms with Crippen molar-refractivity contribution in [2.75, 3.05) is 12.4 Å². The Labute approximate surface area is 218 Å². The Morgan fingerprint density at radius 1 is 0.973 bits per heavy atom. The minimum absolute atomic E-state index is 0.0450. The highest BCUT2D eigenvalue weighted by Crippen LogP contribution is 2.28. The van der Waals surface area contributed by atoms with Gasteiger partial charge in [0.15, 0.2) is 0 Å². The Bertz CT molecular complexity index is 1160. The highest BCUT2D eigenvalue weighted by molar-refractivity contribution is 5.99. The van der Waals surface area contributed by atoms with Gasteiger partial charge in [-0.3, -0.25) is 14.4 Å². The highest BCUT2D eigenvalue weighted by atomic mass is 16.6. The molecule has 0 heterocycles. The molecule has 37 heavy (non-hydrogen) atoms. The molecule has 2 aromatic carbocycles. The molecule has 9 heteroatoms. The summed E-state index contributed by atoms with van der Waals surface area (Å²) in [5.74, 6) is -1.59. The first-order valence-electron chi connectivity index (χ1n) is 12.2. The number of carbonyl (C=O) groups excluding carboxylic acids is 4. The zero-order valence-corrected chi connectivity index (χ0v) is 22.7. The van der Waals surface area contributed by atoms with Gasteiger partial charge < -0.3 is 26.0 Å². The number of hydrogen-bond acceptors (Lipinski definition) is 5. The van der Waals surface area contributed by atoms with E-state index in [1.807, 2.05) is 51.1 Å². The Kier molecular flexibility index (Phi) is 9.82. The van der Waals surface area contributed by atoms with E-state index in [2.05, 4.69) is 10.6 Å². The van der Waals surface area contributed by atoms with Gasteiger partial charge in [-0.25, -0.2) is 4.79 Å². The maximum Gasteiger partial charge on any atom is 0.408 e. The van der Waals surface area contributed by atoms with Gasteiger partial charge in [0.25, 0.3) is 5.91 Å². The van der Waals surface area contributed by atoms with Crippen LogP contribution in [0.25, 0.3) is 0 Å². The van der Waals surface area contributed by atoms with E-state index in [0.717, 1.165) is 16.7 Å². The van der Waals surface area contributed by atoms with E-state index in [0.29, 0.717) is 11.3 Å². The van der Waals surface area contributed by atoms with Crippen molar-refractivity contribution in [3.63, 3.8) is 0 Å². The predicted octanol–water partition coefficient (Wildman–Crippen LogP) is 3.91. The van der Waals surface area contributed by atoms with Crippen molar-refractivity contribution in [2.45, 2.75) is 72.1 Å².